The number of hydrogen-bond acceptors (Lipinski definition) is 3. The number of carbonyl (C=O) groups is 2. The van der Waals surface area contributed by atoms with Crippen molar-refractivity contribution in [1.82, 2.24) is 10.2 Å². The van der Waals surface area contributed by atoms with E-state index in [-0.39, 0.29) is 42.8 Å². The second-order valence-electron chi connectivity index (χ2n) is 5.19. The van der Waals surface area contributed by atoms with Gasteiger partial charge in [-0.25, -0.2) is 8.78 Å². The molecule has 0 spiro atoms. The van der Waals surface area contributed by atoms with Gasteiger partial charge >= 0.3 is 0 Å². The highest BCUT2D eigenvalue weighted by atomic mass is 35.5. The smallest absolute Gasteiger partial charge is 0.223 e. The fourth-order valence-electron chi connectivity index (χ4n) is 2.43. The van der Waals surface area contributed by atoms with Crippen molar-refractivity contribution >= 4 is 24.1 Å². The molecule has 2 rings (SSSR count). The highest BCUT2D eigenvalue weighted by Crippen LogP contribution is 2.14. The Bertz CT molecular complexity index is 554. The van der Waals surface area contributed by atoms with Crippen molar-refractivity contribution in [2.45, 2.75) is 25.8 Å². The van der Waals surface area contributed by atoms with E-state index in [2.05, 4.69) is 5.32 Å². The van der Waals surface area contributed by atoms with Gasteiger partial charge in [0.2, 0.25) is 5.91 Å². The number of benzene rings is 1. The summed E-state index contributed by atoms with van der Waals surface area (Å²) in [4.78, 5) is 25.7. The fraction of sp³-hybridized carbons (Fsp3) is 0.467. The molecule has 1 amide bonds. The third-order valence-electron chi connectivity index (χ3n) is 3.62. The summed E-state index contributed by atoms with van der Waals surface area (Å²) >= 11 is 0. The van der Waals surface area contributed by atoms with E-state index in [1.807, 2.05) is 6.92 Å². The molecule has 0 unspecified atom stereocenters. The highest BCUT2D eigenvalue weighted by molar-refractivity contribution is 5.98. The van der Waals surface area contributed by atoms with Gasteiger partial charge < -0.3 is 10.2 Å². The van der Waals surface area contributed by atoms with E-state index >= 15 is 0 Å². The summed E-state index contributed by atoms with van der Waals surface area (Å²) in [6.07, 6.45) is -0.0297. The standard InChI is InChI=1S/C15H18F2N2O2.ClH/c1-10-9-18-6-7-19(10)15(21)5-4-14(20)12-3-2-11(16)8-13(12)17;/h2-3,8,10,18H,4-7,9H2,1H3;1H/t10-;/m1./s1. The largest absolute Gasteiger partial charge is 0.337 e. The van der Waals surface area contributed by atoms with Crippen molar-refractivity contribution in [2.24, 2.45) is 0 Å². The zero-order valence-electron chi connectivity index (χ0n) is 12.3. The average molecular weight is 333 g/mol. The molecule has 1 fully saturated rings. The Balaban J connectivity index is 0.00000242. The molecule has 122 valence electrons. The monoisotopic (exact) mass is 332 g/mol. The molecular weight excluding hydrogens is 314 g/mol. The molecule has 1 atom stereocenters. The van der Waals surface area contributed by atoms with Gasteiger partial charge in [-0.1, -0.05) is 0 Å². The summed E-state index contributed by atoms with van der Waals surface area (Å²) in [5.74, 6) is -2.21. The third kappa shape index (κ3) is 4.48. The molecule has 1 saturated heterocycles. The summed E-state index contributed by atoms with van der Waals surface area (Å²) in [6, 6.07) is 2.92. The zero-order chi connectivity index (χ0) is 15.4. The molecule has 1 aromatic carbocycles. The van der Waals surface area contributed by atoms with E-state index in [0.29, 0.717) is 12.6 Å². The maximum Gasteiger partial charge on any atom is 0.223 e. The van der Waals surface area contributed by atoms with Crippen LogP contribution in [0.25, 0.3) is 0 Å². The lowest BCUT2D eigenvalue weighted by Gasteiger charge is -2.34. The molecule has 1 aliphatic rings. The molecule has 1 aliphatic heterocycles. The third-order valence-corrected chi connectivity index (χ3v) is 3.62. The number of nitrogens with zero attached hydrogens (tertiary/aromatic N) is 1. The molecular formula is C15H19ClF2N2O2. The average Bonchev–Trinajstić information content (AvgIpc) is 2.45. The molecule has 22 heavy (non-hydrogen) atoms. The number of ketones is 1. The second kappa shape index (κ2) is 8.19. The molecule has 1 heterocycles. The lowest BCUT2D eigenvalue weighted by atomic mass is 10.0. The SMILES string of the molecule is C[C@@H]1CNCCN1C(=O)CCC(=O)c1ccc(F)cc1F.Cl. The highest BCUT2D eigenvalue weighted by Gasteiger charge is 2.23. The molecule has 0 aromatic heterocycles. The van der Waals surface area contributed by atoms with Crippen LogP contribution in [0.1, 0.15) is 30.1 Å². The minimum atomic E-state index is -0.886. The van der Waals surface area contributed by atoms with Crippen LogP contribution in [-0.4, -0.2) is 42.3 Å². The van der Waals surface area contributed by atoms with Crippen LogP contribution in [0, 0.1) is 11.6 Å². The Morgan fingerprint density at radius 3 is 2.68 bits per heavy atom. The van der Waals surface area contributed by atoms with E-state index in [9.17, 15) is 18.4 Å². The van der Waals surface area contributed by atoms with Gasteiger partial charge in [0.1, 0.15) is 11.6 Å². The first-order valence-electron chi connectivity index (χ1n) is 6.97. The maximum atomic E-state index is 13.5. The summed E-state index contributed by atoms with van der Waals surface area (Å²) in [5.41, 5.74) is -0.169. The first-order valence-corrected chi connectivity index (χ1v) is 6.97. The number of Topliss-reactive ketones (excluding diaryl/α,β-unsaturated/α-hetero) is 1. The van der Waals surface area contributed by atoms with Crippen LogP contribution in [0.3, 0.4) is 0 Å². The summed E-state index contributed by atoms with van der Waals surface area (Å²) in [6.45, 7) is 4.01. The van der Waals surface area contributed by atoms with Gasteiger partial charge in [0.05, 0.1) is 5.56 Å². The maximum absolute atomic E-state index is 13.5. The van der Waals surface area contributed by atoms with Crippen molar-refractivity contribution < 1.29 is 18.4 Å². The van der Waals surface area contributed by atoms with Crippen molar-refractivity contribution in [3.05, 3.63) is 35.4 Å². The molecule has 0 aliphatic carbocycles. The molecule has 0 radical (unpaired) electrons. The van der Waals surface area contributed by atoms with Gasteiger partial charge in [-0.05, 0) is 19.1 Å². The van der Waals surface area contributed by atoms with Crippen LogP contribution >= 0.6 is 12.4 Å². The van der Waals surface area contributed by atoms with Crippen LogP contribution in [0.5, 0.6) is 0 Å². The lowest BCUT2D eigenvalue weighted by molar-refractivity contribution is -0.133. The molecule has 0 bridgehead atoms. The van der Waals surface area contributed by atoms with Crippen LogP contribution in [0.15, 0.2) is 18.2 Å². The number of nitrogens with one attached hydrogen (secondary N) is 1. The lowest BCUT2D eigenvalue weighted by Crippen LogP contribution is -2.52. The second-order valence-corrected chi connectivity index (χ2v) is 5.19. The first-order chi connectivity index (χ1) is 9.99. The van der Waals surface area contributed by atoms with E-state index in [0.717, 1.165) is 25.2 Å². The summed E-state index contributed by atoms with van der Waals surface area (Å²) in [5, 5.41) is 3.18. The molecule has 4 nitrogen and oxygen atoms in total. The van der Waals surface area contributed by atoms with Gasteiger partial charge in [0.15, 0.2) is 5.78 Å². The Morgan fingerprint density at radius 2 is 2.05 bits per heavy atom. The zero-order valence-corrected chi connectivity index (χ0v) is 13.1. The van der Waals surface area contributed by atoms with Crippen LogP contribution in [0.4, 0.5) is 8.78 Å². The number of rotatable bonds is 4. The molecule has 7 heteroatoms. The molecule has 1 N–H and O–H groups in total. The number of piperazine rings is 1. The Hall–Kier alpha value is -1.53. The van der Waals surface area contributed by atoms with E-state index in [4.69, 9.17) is 0 Å². The number of halogens is 3. The van der Waals surface area contributed by atoms with Gasteiger partial charge in [-0.15, -0.1) is 12.4 Å². The van der Waals surface area contributed by atoms with Crippen molar-refractivity contribution in [3.63, 3.8) is 0 Å². The predicted molar refractivity (Wildman–Crippen MR) is 81.2 cm³/mol. The normalized spacial score (nSPS) is 17.8. The Kier molecular flexibility index (Phi) is 6.90. The minimum Gasteiger partial charge on any atom is -0.337 e. The van der Waals surface area contributed by atoms with Gasteiger partial charge in [0, 0.05) is 44.6 Å². The van der Waals surface area contributed by atoms with E-state index in [1.165, 1.54) is 0 Å². The topological polar surface area (TPSA) is 49.4 Å². The van der Waals surface area contributed by atoms with Crippen LogP contribution in [0.2, 0.25) is 0 Å². The number of hydrogen-bond donors (Lipinski definition) is 1. The van der Waals surface area contributed by atoms with Gasteiger partial charge in [-0.2, -0.15) is 0 Å². The Labute approximate surface area is 134 Å². The fourth-order valence-corrected chi connectivity index (χ4v) is 2.43. The van der Waals surface area contributed by atoms with Gasteiger partial charge in [-0.3, -0.25) is 9.59 Å². The summed E-state index contributed by atoms with van der Waals surface area (Å²) in [7, 11) is 0. The van der Waals surface area contributed by atoms with Crippen molar-refractivity contribution in [1.29, 1.82) is 0 Å². The van der Waals surface area contributed by atoms with Crippen LogP contribution in [-0.2, 0) is 4.79 Å². The molecule has 1 aromatic rings. The quantitative estimate of drug-likeness (QED) is 0.860. The Morgan fingerprint density at radius 1 is 1.32 bits per heavy atom. The minimum absolute atomic E-state index is 0. The van der Waals surface area contributed by atoms with Gasteiger partial charge in [0.25, 0.3) is 0 Å². The predicted octanol–water partition coefficient (Wildman–Crippen LogP) is 2.17. The molecule has 0 saturated carbocycles. The number of carbonyl (C=O) groups excluding carboxylic acids is 2. The van der Waals surface area contributed by atoms with E-state index in [1.54, 1.807) is 4.90 Å². The van der Waals surface area contributed by atoms with E-state index < -0.39 is 17.4 Å². The van der Waals surface area contributed by atoms with Crippen molar-refractivity contribution in [3.8, 4) is 0 Å². The number of amides is 1. The van der Waals surface area contributed by atoms with Crippen molar-refractivity contribution in [2.75, 3.05) is 19.6 Å². The van der Waals surface area contributed by atoms with Crippen LogP contribution < -0.4 is 5.32 Å². The summed E-state index contributed by atoms with van der Waals surface area (Å²) < 4.78 is 26.3. The first kappa shape index (κ1) is 18.5.